The number of thiazole rings is 1. The molecule has 0 saturated heterocycles. The Morgan fingerprint density at radius 2 is 2.35 bits per heavy atom. The molecule has 0 unspecified atom stereocenters. The van der Waals surface area contributed by atoms with Gasteiger partial charge in [-0.3, -0.25) is 4.98 Å². The minimum absolute atomic E-state index is 0.235. The second-order valence-electron chi connectivity index (χ2n) is 3.49. The predicted molar refractivity (Wildman–Crippen MR) is 65.4 cm³/mol. The van der Waals surface area contributed by atoms with Crippen LogP contribution in [0.5, 0.6) is 0 Å². The SMILES string of the molecule is Cc1cnccc1CNc1ncc(C(=O)O)s1. The van der Waals surface area contributed by atoms with Gasteiger partial charge in [-0.2, -0.15) is 0 Å². The van der Waals surface area contributed by atoms with E-state index in [1.54, 1.807) is 12.4 Å². The van der Waals surface area contributed by atoms with E-state index < -0.39 is 5.97 Å². The number of aryl methyl sites for hydroxylation is 1. The van der Waals surface area contributed by atoms with Crippen LogP contribution in [0.2, 0.25) is 0 Å². The maximum absolute atomic E-state index is 10.7. The number of carboxylic acid groups (broad SMARTS) is 1. The maximum Gasteiger partial charge on any atom is 0.347 e. The van der Waals surface area contributed by atoms with Crippen molar-refractivity contribution in [1.82, 2.24) is 9.97 Å². The van der Waals surface area contributed by atoms with Crippen LogP contribution in [-0.2, 0) is 6.54 Å². The van der Waals surface area contributed by atoms with Gasteiger partial charge in [0.1, 0.15) is 4.88 Å². The Balaban J connectivity index is 2.02. The van der Waals surface area contributed by atoms with Gasteiger partial charge in [-0.1, -0.05) is 11.3 Å². The van der Waals surface area contributed by atoms with E-state index in [9.17, 15) is 4.79 Å². The van der Waals surface area contributed by atoms with Crippen molar-refractivity contribution in [1.29, 1.82) is 0 Å². The number of carboxylic acids is 1. The Morgan fingerprint density at radius 1 is 1.53 bits per heavy atom. The van der Waals surface area contributed by atoms with E-state index in [2.05, 4.69) is 15.3 Å². The highest BCUT2D eigenvalue weighted by Gasteiger charge is 2.08. The zero-order valence-corrected chi connectivity index (χ0v) is 9.99. The van der Waals surface area contributed by atoms with Crippen molar-refractivity contribution in [2.24, 2.45) is 0 Å². The fourth-order valence-corrected chi connectivity index (χ4v) is 1.98. The molecule has 0 radical (unpaired) electrons. The molecule has 0 atom stereocenters. The van der Waals surface area contributed by atoms with Crippen molar-refractivity contribution < 1.29 is 9.90 Å². The molecule has 0 spiro atoms. The van der Waals surface area contributed by atoms with E-state index in [0.29, 0.717) is 11.7 Å². The second-order valence-corrected chi connectivity index (χ2v) is 4.52. The van der Waals surface area contributed by atoms with Crippen molar-refractivity contribution >= 4 is 22.4 Å². The summed E-state index contributed by atoms with van der Waals surface area (Å²) in [7, 11) is 0. The van der Waals surface area contributed by atoms with Gasteiger partial charge in [-0.15, -0.1) is 0 Å². The molecule has 2 heterocycles. The summed E-state index contributed by atoms with van der Waals surface area (Å²) in [4.78, 5) is 18.9. The summed E-state index contributed by atoms with van der Waals surface area (Å²) >= 11 is 1.13. The van der Waals surface area contributed by atoms with Crippen LogP contribution in [0.15, 0.2) is 24.7 Å². The van der Waals surface area contributed by atoms with Crippen molar-refractivity contribution in [2.45, 2.75) is 13.5 Å². The molecular formula is C11H11N3O2S. The number of carbonyl (C=O) groups is 1. The third-order valence-electron chi connectivity index (χ3n) is 2.28. The molecular weight excluding hydrogens is 238 g/mol. The monoisotopic (exact) mass is 249 g/mol. The normalized spacial score (nSPS) is 10.2. The number of aromatic carboxylic acids is 1. The summed E-state index contributed by atoms with van der Waals surface area (Å²) in [5, 5.41) is 12.5. The third-order valence-corrected chi connectivity index (χ3v) is 3.23. The van der Waals surface area contributed by atoms with Gasteiger partial charge in [0.25, 0.3) is 0 Å². The second kappa shape index (κ2) is 4.92. The van der Waals surface area contributed by atoms with Crippen LogP contribution < -0.4 is 5.32 Å². The number of rotatable bonds is 4. The number of anilines is 1. The fourth-order valence-electron chi connectivity index (χ4n) is 1.33. The molecule has 6 heteroatoms. The van der Waals surface area contributed by atoms with Gasteiger partial charge in [-0.25, -0.2) is 9.78 Å². The topological polar surface area (TPSA) is 75.1 Å². The summed E-state index contributed by atoms with van der Waals surface area (Å²) in [5.41, 5.74) is 2.21. The largest absolute Gasteiger partial charge is 0.477 e. The zero-order valence-electron chi connectivity index (χ0n) is 9.17. The van der Waals surface area contributed by atoms with Gasteiger partial charge in [-0.05, 0) is 24.1 Å². The molecule has 2 rings (SSSR count). The lowest BCUT2D eigenvalue weighted by molar-refractivity contribution is 0.0702. The first-order valence-corrected chi connectivity index (χ1v) is 5.81. The summed E-state index contributed by atoms with van der Waals surface area (Å²) < 4.78 is 0. The molecule has 2 aromatic heterocycles. The third kappa shape index (κ3) is 2.79. The van der Waals surface area contributed by atoms with Gasteiger partial charge in [0.05, 0.1) is 6.20 Å². The lowest BCUT2D eigenvalue weighted by Gasteiger charge is -2.05. The first kappa shape index (κ1) is 11.5. The average molecular weight is 249 g/mol. The first-order chi connectivity index (χ1) is 8.16. The molecule has 0 saturated carbocycles. The maximum atomic E-state index is 10.7. The minimum Gasteiger partial charge on any atom is -0.477 e. The van der Waals surface area contributed by atoms with E-state index in [4.69, 9.17) is 5.11 Å². The minimum atomic E-state index is -0.948. The molecule has 0 bridgehead atoms. The molecule has 0 aromatic carbocycles. The van der Waals surface area contributed by atoms with Gasteiger partial charge in [0.15, 0.2) is 5.13 Å². The van der Waals surface area contributed by atoms with E-state index in [1.807, 2.05) is 13.0 Å². The lowest BCUT2D eigenvalue weighted by atomic mass is 10.2. The Morgan fingerprint density at radius 3 is 3.00 bits per heavy atom. The van der Waals surface area contributed by atoms with Crippen LogP contribution in [0.1, 0.15) is 20.8 Å². The Hall–Kier alpha value is -1.95. The quantitative estimate of drug-likeness (QED) is 0.868. The smallest absolute Gasteiger partial charge is 0.347 e. The number of pyridine rings is 1. The molecule has 2 N–H and O–H groups in total. The number of nitrogens with zero attached hydrogens (tertiary/aromatic N) is 2. The van der Waals surface area contributed by atoms with E-state index in [0.717, 1.165) is 22.5 Å². The fraction of sp³-hybridized carbons (Fsp3) is 0.182. The molecule has 0 fully saturated rings. The highest BCUT2D eigenvalue weighted by Crippen LogP contribution is 2.19. The molecule has 0 aliphatic heterocycles. The molecule has 5 nitrogen and oxygen atoms in total. The van der Waals surface area contributed by atoms with Gasteiger partial charge < -0.3 is 10.4 Å². The van der Waals surface area contributed by atoms with Crippen LogP contribution in [-0.4, -0.2) is 21.0 Å². The number of hydrogen-bond acceptors (Lipinski definition) is 5. The highest BCUT2D eigenvalue weighted by molar-refractivity contribution is 7.17. The van der Waals surface area contributed by atoms with Gasteiger partial charge in [0.2, 0.25) is 0 Å². The van der Waals surface area contributed by atoms with Gasteiger partial charge in [0, 0.05) is 18.9 Å². The van der Waals surface area contributed by atoms with Crippen LogP contribution >= 0.6 is 11.3 Å². The molecule has 88 valence electrons. The molecule has 0 amide bonds. The molecule has 0 aliphatic carbocycles. The molecule has 2 aromatic rings. The molecule has 17 heavy (non-hydrogen) atoms. The van der Waals surface area contributed by atoms with Crippen LogP contribution in [0.25, 0.3) is 0 Å². The van der Waals surface area contributed by atoms with Crippen molar-refractivity contribution in [2.75, 3.05) is 5.32 Å². The highest BCUT2D eigenvalue weighted by atomic mass is 32.1. The van der Waals surface area contributed by atoms with Crippen LogP contribution in [0, 0.1) is 6.92 Å². The van der Waals surface area contributed by atoms with Crippen LogP contribution in [0.3, 0.4) is 0 Å². The summed E-state index contributed by atoms with van der Waals surface area (Å²) in [6.07, 6.45) is 4.88. The number of hydrogen-bond donors (Lipinski definition) is 2. The number of nitrogens with one attached hydrogen (secondary N) is 1. The van der Waals surface area contributed by atoms with E-state index in [1.165, 1.54) is 6.20 Å². The first-order valence-electron chi connectivity index (χ1n) is 4.99. The van der Waals surface area contributed by atoms with Crippen molar-refractivity contribution in [3.63, 3.8) is 0 Å². The average Bonchev–Trinajstić information content (AvgIpc) is 2.77. The van der Waals surface area contributed by atoms with Crippen molar-refractivity contribution in [3.05, 3.63) is 40.7 Å². The summed E-state index contributed by atoms with van der Waals surface area (Å²) in [6.45, 7) is 2.59. The van der Waals surface area contributed by atoms with Crippen molar-refractivity contribution in [3.8, 4) is 0 Å². The van der Waals surface area contributed by atoms with E-state index >= 15 is 0 Å². The number of aromatic nitrogens is 2. The predicted octanol–water partition coefficient (Wildman–Crippen LogP) is 2.16. The van der Waals surface area contributed by atoms with E-state index in [-0.39, 0.29) is 4.88 Å². The van der Waals surface area contributed by atoms with Crippen LogP contribution in [0.4, 0.5) is 5.13 Å². The standard InChI is InChI=1S/C11H11N3O2S/c1-7-4-12-3-2-8(7)5-13-11-14-6-9(17-11)10(15)16/h2-4,6H,5H2,1H3,(H,13,14)(H,15,16). The molecule has 0 aliphatic rings. The Kier molecular flexibility index (Phi) is 3.34. The Bertz CT molecular complexity index is 539. The summed E-state index contributed by atoms with van der Waals surface area (Å²) in [6, 6.07) is 1.92. The Labute approximate surface area is 102 Å². The lowest BCUT2D eigenvalue weighted by Crippen LogP contribution is -2.00. The van der Waals surface area contributed by atoms with Gasteiger partial charge >= 0.3 is 5.97 Å². The summed E-state index contributed by atoms with van der Waals surface area (Å²) in [5.74, 6) is -0.948. The zero-order chi connectivity index (χ0) is 12.3.